The molecule has 0 radical (unpaired) electrons. The van der Waals surface area contributed by atoms with Crippen molar-refractivity contribution < 1.29 is 14.6 Å². The van der Waals surface area contributed by atoms with Crippen LogP contribution in [0.25, 0.3) is 0 Å². The molecule has 0 saturated carbocycles. The zero-order valence-electron chi connectivity index (χ0n) is 14.4. The molecule has 2 aromatic carbocycles. The minimum absolute atomic E-state index is 0.0548. The van der Waals surface area contributed by atoms with Gasteiger partial charge in [-0.15, -0.1) is 0 Å². The summed E-state index contributed by atoms with van der Waals surface area (Å²) in [5.41, 5.74) is 4.95. The molecule has 1 aliphatic rings. The molecular formula is C19H20ClN3O3. The van der Waals surface area contributed by atoms with Crippen molar-refractivity contribution in [2.24, 2.45) is 5.10 Å². The van der Waals surface area contributed by atoms with Crippen LogP contribution in [0.15, 0.2) is 47.6 Å². The van der Waals surface area contributed by atoms with Crippen molar-refractivity contribution in [2.45, 2.75) is 6.92 Å². The number of hydrazone groups is 1. The molecular weight excluding hydrogens is 354 g/mol. The Balaban J connectivity index is 1.72. The average molecular weight is 374 g/mol. The van der Waals surface area contributed by atoms with E-state index in [-0.39, 0.29) is 11.7 Å². The molecule has 0 aromatic heterocycles. The molecule has 1 fully saturated rings. The first kappa shape index (κ1) is 18.2. The third-order valence-electron chi connectivity index (χ3n) is 4.16. The van der Waals surface area contributed by atoms with Crippen molar-refractivity contribution in [2.75, 3.05) is 31.2 Å². The van der Waals surface area contributed by atoms with E-state index in [1.54, 1.807) is 25.1 Å². The number of aromatic hydroxyl groups is 1. The van der Waals surface area contributed by atoms with Crippen LogP contribution >= 0.6 is 11.6 Å². The van der Waals surface area contributed by atoms with Gasteiger partial charge >= 0.3 is 0 Å². The average Bonchev–Trinajstić information content (AvgIpc) is 2.68. The summed E-state index contributed by atoms with van der Waals surface area (Å²) in [4.78, 5) is 14.6. The highest BCUT2D eigenvalue weighted by atomic mass is 35.5. The Morgan fingerprint density at radius 3 is 2.77 bits per heavy atom. The van der Waals surface area contributed by atoms with Gasteiger partial charge in [0.1, 0.15) is 5.75 Å². The summed E-state index contributed by atoms with van der Waals surface area (Å²) in [6.07, 6.45) is 0. The number of phenolic OH excluding ortho intramolecular Hbond substituents is 1. The van der Waals surface area contributed by atoms with Gasteiger partial charge in [0.25, 0.3) is 5.91 Å². The highest BCUT2D eigenvalue weighted by Gasteiger charge is 2.13. The molecule has 0 bridgehead atoms. The summed E-state index contributed by atoms with van der Waals surface area (Å²) in [6, 6.07) is 12.1. The van der Waals surface area contributed by atoms with Gasteiger partial charge in [0.05, 0.1) is 18.9 Å². The van der Waals surface area contributed by atoms with Crippen molar-refractivity contribution in [1.29, 1.82) is 0 Å². The van der Waals surface area contributed by atoms with Crippen LogP contribution in [-0.4, -0.2) is 43.0 Å². The summed E-state index contributed by atoms with van der Waals surface area (Å²) in [6.45, 7) is 4.66. The largest absolute Gasteiger partial charge is 0.507 e. The molecule has 1 aliphatic heterocycles. The number of ether oxygens (including phenoxy) is 1. The van der Waals surface area contributed by atoms with Crippen LogP contribution in [0.5, 0.6) is 5.75 Å². The second-order valence-electron chi connectivity index (χ2n) is 5.95. The van der Waals surface area contributed by atoms with Crippen LogP contribution in [0.3, 0.4) is 0 Å². The molecule has 2 aromatic rings. The van der Waals surface area contributed by atoms with Crippen LogP contribution in [-0.2, 0) is 4.74 Å². The monoisotopic (exact) mass is 373 g/mol. The molecule has 0 aliphatic carbocycles. The van der Waals surface area contributed by atoms with Gasteiger partial charge in [0.15, 0.2) is 0 Å². The smallest absolute Gasteiger partial charge is 0.271 e. The van der Waals surface area contributed by atoms with E-state index in [9.17, 15) is 9.90 Å². The Morgan fingerprint density at radius 1 is 1.23 bits per heavy atom. The van der Waals surface area contributed by atoms with Crippen molar-refractivity contribution in [3.05, 3.63) is 58.6 Å². The first-order valence-electron chi connectivity index (χ1n) is 8.31. The summed E-state index contributed by atoms with van der Waals surface area (Å²) < 4.78 is 5.36. The quantitative estimate of drug-likeness (QED) is 0.638. The Labute approximate surface area is 157 Å². The molecule has 2 N–H and O–H groups in total. The molecule has 26 heavy (non-hydrogen) atoms. The van der Waals surface area contributed by atoms with Crippen molar-refractivity contribution in [3.63, 3.8) is 0 Å². The van der Waals surface area contributed by atoms with Gasteiger partial charge in [-0.2, -0.15) is 5.10 Å². The minimum Gasteiger partial charge on any atom is -0.507 e. The van der Waals surface area contributed by atoms with Gasteiger partial charge in [0.2, 0.25) is 0 Å². The van der Waals surface area contributed by atoms with Gasteiger partial charge in [-0.1, -0.05) is 17.7 Å². The van der Waals surface area contributed by atoms with E-state index in [1.807, 2.05) is 18.2 Å². The van der Waals surface area contributed by atoms with Gasteiger partial charge in [-0.25, -0.2) is 5.43 Å². The maximum atomic E-state index is 12.4. The maximum Gasteiger partial charge on any atom is 0.271 e. The highest BCUT2D eigenvalue weighted by molar-refractivity contribution is 6.31. The zero-order valence-corrected chi connectivity index (χ0v) is 15.2. The van der Waals surface area contributed by atoms with Gasteiger partial charge < -0.3 is 14.7 Å². The molecule has 1 amide bonds. The molecule has 0 unspecified atom stereocenters. The number of benzene rings is 2. The lowest BCUT2D eigenvalue weighted by Crippen LogP contribution is -2.36. The fourth-order valence-corrected chi connectivity index (χ4v) is 2.89. The number of carbonyl (C=O) groups excluding carboxylic acids is 1. The van der Waals surface area contributed by atoms with Crippen LogP contribution in [0.1, 0.15) is 22.8 Å². The number of halogens is 1. The predicted octanol–water partition coefficient (Wildman–Crippen LogP) is 3.04. The number of nitrogens with one attached hydrogen (secondary N) is 1. The minimum atomic E-state index is -0.319. The molecule has 3 rings (SSSR count). The van der Waals surface area contributed by atoms with Crippen LogP contribution in [0.2, 0.25) is 5.02 Å². The Kier molecular flexibility index (Phi) is 5.75. The van der Waals surface area contributed by atoms with Crippen molar-refractivity contribution in [1.82, 2.24) is 5.43 Å². The number of amides is 1. The fourth-order valence-electron chi connectivity index (χ4n) is 2.72. The fraction of sp³-hybridized carbons (Fsp3) is 0.263. The van der Waals surface area contributed by atoms with E-state index < -0.39 is 0 Å². The molecule has 6 nitrogen and oxygen atoms in total. The molecule has 0 spiro atoms. The van der Waals surface area contributed by atoms with E-state index in [1.165, 1.54) is 6.07 Å². The standard InChI is InChI=1S/C19H20ClN3O3/c1-13(17-12-15(20)5-6-18(17)24)21-22-19(25)14-3-2-4-16(11-14)23-7-9-26-10-8-23/h2-6,11-12,24H,7-10H2,1H3,(H,22,25). The molecule has 7 heteroatoms. The maximum absolute atomic E-state index is 12.4. The number of rotatable bonds is 4. The van der Waals surface area contributed by atoms with E-state index in [0.717, 1.165) is 18.8 Å². The van der Waals surface area contributed by atoms with E-state index in [0.29, 0.717) is 35.1 Å². The lowest BCUT2D eigenvalue weighted by atomic mass is 10.1. The Bertz CT molecular complexity index is 833. The Hall–Kier alpha value is -2.57. The normalized spacial score (nSPS) is 15.0. The SMILES string of the molecule is CC(=NNC(=O)c1cccc(N2CCOCC2)c1)c1cc(Cl)ccc1O. The summed E-state index contributed by atoms with van der Waals surface area (Å²) >= 11 is 5.94. The second-order valence-corrected chi connectivity index (χ2v) is 6.39. The number of morpholine rings is 1. The van der Waals surface area contributed by atoms with E-state index >= 15 is 0 Å². The summed E-state index contributed by atoms with van der Waals surface area (Å²) in [7, 11) is 0. The number of hydrogen-bond acceptors (Lipinski definition) is 5. The zero-order chi connectivity index (χ0) is 18.5. The van der Waals surface area contributed by atoms with Gasteiger partial charge in [-0.05, 0) is 43.3 Å². The first-order valence-corrected chi connectivity index (χ1v) is 8.68. The van der Waals surface area contributed by atoms with Gasteiger partial charge in [0, 0.05) is 34.9 Å². The number of nitrogens with zero attached hydrogens (tertiary/aromatic N) is 2. The second kappa shape index (κ2) is 8.21. The predicted molar refractivity (Wildman–Crippen MR) is 102 cm³/mol. The number of anilines is 1. The lowest BCUT2D eigenvalue weighted by molar-refractivity contribution is 0.0955. The van der Waals surface area contributed by atoms with Crippen LogP contribution < -0.4 is 10.3 Å². The van der Waals surface area contributed by atoms with Gasteiger partial charge in [-0.3, -0.25) is 4.79 Å². The Morgan fingerprint density at radius 2 is 2.00 bits per heavy atom. The number of hydrogen-bond donors (Lipinski definition) is 2. The van der Waals surface area contributed by atoms with Crippen LogP contribution in [0, 0.1) is 0 Å². The van der Waals surface area contributed by atoms with Crippen LogP contribution in [0.4, 0.5) is 5.69 Å². The van der Waals surface area contributed by atoms with Crippen molar-refractivity contribution >= 4 is 28.9 Å². The van der Waals surface area contributed by atoms with Crippen molar-refractivity contribution in [3.8, 4) is 5.75 Å². The van der Waals surface area contributed by atoms with E-state index in [2.05, 4.69) is 15.4 Å². The molecule has 1 heterocycles. The highest BCUT2D eigenvalue weighted by Crippen LogP contribution is 2.22. The molecule has 1 saturated heterocycles. The van der Waals surface area contributed by atoms with E-state index in [4.69, 9.17) is 16.3 Å². The third-order valence-corrected chi connectivity index (χ3v) is 4.39. The lowest BCUT2D eigenvalue weighted by Gasteiger charge is -2.29. The third kappa shape index (κ3) is 4.33. The molecule has 0 atom stereocenters. The first-order chi connectivity index (χ1) is 12.5. The number of phenols is 1. The topological polar surface area (TPSA) is 74.2 Å². The molecule has 136 valence electrons. The summed E-state index contributed by atoms with van der Waals surface area (Å²) in [5, 5.41) is 14.5. The number of carbonyl (C=O) groups is 1. The summed E-state index contributed by atoms with van der Waals surface area (Å²) in [5.74, 6) is -0.264.